The number of hydrogen-bond donors (Lipinski definition) is 0. The van der Waals surface area contributed by atoms with Crippen LogP contribution >= 0.6 is 28.5 Å². The van der Waals surface area contributed by atoms with Crippen LogP contribution in [0.2, 0.25) is 37.3 Å². The van der Waals surface area contributed by atoms with Gasteiger partial charge in [-0.05, 0) is 136 Å². The molecule has 4 atom stereocenters. The SMILES string of the molecule is CC[Si](C)(CC)OCCCC(=NC1C(C(C)C)CCCC1C(C)C)C(CCCO[Si](C)(CC)CC)=NC1C(C(C)C)CCCC1C(C)C.[Br][Ni][Br]. The van der Waals surface area contributed by atoms with Gasteiger partial charge in [-0.2, -0.15) is 0 Å². The Hall–Kier alpha value is 1.15. The number of halogens is 2. The Bertz CT molecular complexity index is 880. The van der Waals surface area contributed by atoms with E-state index in [4.69, 9.17) is 18.8 Å². The molecule has 9 heteroatoms. The summed E-state index contributed by atoms with van der Waals surface area (Å²) in [4.78, 5) is 12.0. The average Bonchev–Trinajstić information content (AvgIpc) is 3.10. The Balaban J connectivity index is 0.00000418. The summed E-state index contributed by atoms with van der Waals surface area (Å²) in [6, 6.07) is 5.56. The van der Waals surface area contributed by atoms with E-state index in [1.807, 2.05) is 0 Å². The predicted molar refractivity (Wildman–Crippen MR) is 237 cm³/mol. The number of aliphatic imine (C=N–C) groups is 2. The topological polar surface area (TPSA) is 43.2 Å². The first kappa shape index (κ1) is 50.2. The Kier molecular flexibility index (Phi) is 25.7. The molecular formula is C42H84Br2N2NiO2Si2. The molecule has 2 saturated carbocycles. The molecule has 2 rings (SSSR count). The molecule has 2 fully saturated rings. The van der Waals surface area contributed by atoms with E-state index >= 15 is 0 Å². The molecule has 2 aliphatic rings. The zero-order valence-electron chi connectivity index (χ0n) is 35.9. The van der Waals surface area contributed by atoms with Crippen LogP contribution in [0.4, 0.5) is 0 Å². The fourth-order valence-electron chi connectivity index (χ4n) is 8.74. The van der Waals surface area contributed by atoms with Crippen molar-refractivity contribution in [1.82, 2.24) is 0 Å². The van der Waals surface area contributed by atoms with Crippen LogP contribution in [0.3, 0.4) is 0 Å². The molecule has 0 aliphatic heterocycles. The number of nitrogens with zero attached hydrogens (tertiary/aromatic N) is 2. The van der Waals surface area contributed by atoms with Crippen molar-refractivity contribution in [3.8, 4) is 0 Å². The van der Waals surface area contributed by atoms with Gasteiger partial charge in [-0.25, -0.2) is 0 Å². The zero-order chi connectivity index (χ0) is 38.8. The normalized spacial score (nSPS) is 25.6. The molecule has 0 saturated heterocycles. The summed E-state index contributed by atoms with van der Waals surface area (Å²) in [5.41, 5.74) is 2.67. The van der Waals surface area contributed by atoms with E-state index < -0.39 is 16.6 Å². The van der Waals surface area contributed by atoms with Crippen LogP contribution in [0.1, 0.15) is 147 Å². The summed E-state index contributed by atoms with van der Waals surface area (Å²) in [6.45, 7) is 35.4. The molecule has 0 aromatic rings. The van der Waals surface area contributed by atoms with E-state index in [-0.39, 0.29) is 0 Å². The summed E-state index contributed by atoms with van der Waals surface area (Å²) < 4.78 is 13.4. The first-order valence-electron chi connectivity index (χ1n) is 21.3. The maximum atomic E-state index is 6.70. The van der Waals surface area contributed by atoms with Crippen LogP contribution in [-0.4, -0.2) is 53.4 Å². The van der Waals surface area contributed by atoms with Gasteiger partial charge in [0.05, 0.1) is 23.5 Å². The molecule has 0 amide bonds. The van der Waals surface area contributed by atoms with E-state index in [1.54, 1.807) is 0 Å². The monoisotopic (exact) mass is 920 g/mol. The molecule has 0 aromatic carbocycles. The van der Waals surface area contributed by atoms with E-state index in [9.17, 15) is 0 Å². The van der Waals surface area contributed by atoms with E-state index in [2.05, 4.69) is 125 Å². The van der Waals surface area contributed by atoms with E-state index in [0.29, 0.717) is 59.4 Å². The molecule has 0 spiro atoms. The molecule has 4 nitrogen and oxygen atoms in total. The first-order valence-corrected chi connectivity index (χ1v) is 31.8. The average molecular weight is 924 g/mol. The van der Waals surface area contributed by atoms with Crippen LogP contribution in [0, 0.1) is 47.3 Å². The molecule has 0 radical (unpaired) electrons. The second-order valence-corrected chi connectivity index (χ2v) is 32.1. The minimum absolute atomic E-state index is 0.395. The quantitative estimate of drug-likeness (QED) is 0.0654. The summed E-state index contributed by atoms with van der Waals surface area (Å²) in [5, 5.41) is 0. The predicted octanol–water partition coefficient (Wildman–Crippen LogP) is 14.6. The Morgan fingerprint density at radius 2 is 0.824 bits per heavy atom. The van der Waals surface area contributed by atoms with Crippen molar-refractivity contribution in [2.45, 2.75) is 197 Å². The third kappa shape index (κ3) is 17.0. The van der Waals surface area contributed by atoms with E-state index in [1.165, 1.54) is 85.0 Å². The van der Waals surface area contributed by atoms with Crippen molar-refractivity contribution >= 4 is 56.5 Å². The second kappa shape index (κ2) is 26.1. The van der Waals surface area contributed by atoms with Crippen LogP contribution in [0.5, 0.6) is 0 Å². The number of hydrogen-bond acceptors (Lipinski definition) is 4. The molecule has 0 aromatic heterocycles. The van der Waals surface area contributed by atoms with Gasteiger partial charge >= 0.3 is 39.3 Å². The molecule has 0 N–H and O–H groups in total. The fraction of sp³-hybridized carbons (Fsp3) is 0.952. The van der Waals surface area contributed by atoms with Crippen LogP contribution < -0.4 is 0 Å². The van der Waals surface area contributed by atoms with Crippen molar-refractivity contribution in [1.29, 1.82) is 0 Å². The molecule has 306 valence electrons. The fourth-order valence-corrected chi connectivity index (χ4v) is 11.8. The van der Waals surface area contributed by atoms with Gasteiger partial charge in [-0.15, -0.1) is 0 Å². The van der Waals surface area contributed by atoms with Crippen molar-refractivity contribution < 1.29 is 19.7 Å². The van der Waals surface area contributed by atoms with Gasteiger partial charge in [0.1, 0.15) is 0 Å². The Morgan fingerprint density at radius 3 is 1.04 bits per heavy atom. The van der Waals surface area contributed by atoms with Crippen molar-refractivity contribution in [2.24, 2.45) is 57.3 Å². The van der Waals surface area contributed by atoms with E-state index in [0.717, 1.165) is 38.9 Å². The standard InChI is InChI=1S/C42H84N2O2Si2.2BrH.Ni/c1-15-47(13,16-2)45-29-21-27-39(43-41-35(31(5)6)23-19-24-36(41)32(7)8)40(28-22-30-46-48(14,17-3)18-4)44-42-37(33(9)10)25-20-26-38(42)34(11)12;;;/h31-38,41-42H,15-30H2,1-14H3;2*1H;/q;;;+2/p-2. The molecule has 4 unspecified atom stereocenters. The minimum atomic E-state index is -1.60. The van der Waals surface area contributed by atoms with Gasteiger partial charge in [0.25, 0.3) is 0 Å². The van der Waals surface area contributed by atoms with Gasteiger partial charge in [0.2, 0.25) is 0 Å². The summed E-state index contributed by atoms with van der Waals surface area (Å²) in [5.74, 6) is 5.22. The third-order valence-corrected chi connectivity index (χ3v) is 21.1. The number of rotatable bonds is 21. The molecular weight excluding hydrogens is 839 g/mol. The summed E-state index contributed by atoms with van der Waals surface area (Å²) in [7, 11) is -1.96. The van der Waals surface area contributed by atoms with Crippen molar-refractivity contribution in [3.63, 3.8) is 0 Å². The van der Waals surface area contributed by atoms with Crippen LogP contribution in [-0.2, 0) is 19.7 Å². The first-order chi connectivity index (χ1) is 24.1. The molecule has 2 aliphatic carbocycles. The van der Waals surface area contributed by atoms with Gasteiger partial charge in [0.15, 0.2) is 16.6 Å². The maximum absolute atomic E-state index is 6.70. The molecule has 0 heterocycles. The third-order valence-electron chi connectivity index (χ3n) is 13.3. The zero-order valence-corrected chi connectivity index (χ0v) is 42.0. The molecule has 0 bridgehead atoms. The van der Waals surface area contributed by atoms with Gasteiger partial charge in [-0.3, -0.25) is 9.98 Å². The van der Waals surface area contributed by atoms with Gasteiger partial charge < -0.3 is 8.85 Å². The van der Waals surface area contributed by atoms with Crippen LogP contribution in [0.15, 0.2) is 9.98 Å². The Labute approximate surface area is 341 Å². The van der Waals surface area contributed by atoms with Gasteiger partial charge in [-0.1, -0.05) is 95.9 Å². The Morgan fingerprint density at radius 1 is 0.569 bits per heavy atom. The van der Waals surface area contributed by atoms with Crippen LogP contribution in [0.25, 0.3) is 0 Å². The summed E-state index contributed by atoms with van der Waals surface area (Å²) >= 11 is 6.00. The van der Waals surface area contributed by atoms with Crippen molar-refractivity contribution in [2.75, 3.05) is 13.2 Å². The molecule has 51 heavy (non-hydrogen) atoms. The van der Waals surface area contributed by atoms with Gasteiger partial charge in [0, 0.05) is 13.2 Å². The summed E-state index contributed by atoms with van der Waals surface area (Å²) in [6.07, 6.45) is 12.0. The van der Waals surface area contributed by atoms with Crippen molar-refractivity contribution in [3.05, 3.63) is 0 Å². The second-order valence-electron chi connectivity index (χ2n) is 17.9.